The van der Waals surface area contributed by atoms with Crippen LogP contribution < -0.4 is 9.61 Å². The molecule has 1 aromatic carbocycles. The zero-order valence-electron chi connectivity index (χ0n) is 9.86. The average Bonchev–Trinajstić information content (AvgIpc) is 3.14. The van der Waals surface area contributed by atoms with Crippen molar-refractivity contribution in [1.29, 1.82) is 0 Å². The smallest absolute Gasteiger partial charge is 0.412 e. The molecule has 0 bridgehead atoms. The molecule has 0 heterocycles. The van der Waals surface area contributed by atoms with Crippen LogP contribution in [0, 0.1) is 5.92 Å². The number of benzene rings is 1. The Kier molecular flexibility index (Phi) is 4.57. The van der Waals surface area contributed by atoms with Crippen LogP contribution in [0.15, 0.2) is 18.2 Å². The molecular formula is C11H14Cl2NO3P. The first-order chi connectivity index (χ1) is 8.52. The van der Waals surface area contributed by atoms with Crippen molar-refractivity contribution >= 4 is 30.9 Å². The van der Waals surface area contributed by atoms with Gasteiger partial charge in [-0.2, -0.15) is 0 Å². The van der Waals surface area contributed by atoms with Crippen LogP contribution in [0.1, 0.15) is 12.8 Å². The van der Waals surface area contributed by atoms with Gasteiger partial charge in [0.15, 0.2) is 0 Å². The summed E-state index contributed by atoms with van der Waals surface area (Å²) >= 11 is 11.7. The van der Waals surface area contributed by atoms with Gasteiger partial charge in [-0.15, -0.1) is 0 Å². The molecule has 1 aromatic rings. The van der Waals surface area contributed by atoms with Crippen molar-refractivity contribution in [3.63, 3.8) is 0 Å². The van der Waals surface area contributed by atoms with Gasteiger partial charge in [-0.25, -0.2) is 9.65 Å². The first-order valence-electron chi connectivity index (χ1n) is 5.58. The fraction of sp³-hybridized carbons (Fsp3) is 0.455. The number of halogens is 2. The third-order valence-corrected chi connectivity index (χ3v) is 4.64. The van der Waals surface area contributed by atoms with Crippen molar-refractivity contribution in [2.75, 3.05) is 13.7 Å². The Bertz CT molecular complexity index is 479. The van der Waals surface area contributed by atoms with Crippen LogP contribution in [0.25, 0.3) is 0 Å². The van der Waals surface area contributed by atoms with Gasteiger partial charge >= 0.3 is 7.75 Å². The van der Waals surface area contributed by atoms with E-state index in [4.69, 9.17) is 32.2 Å². The average molecular weight is 310 g/mol. The first-order valence-corrected chi connectivity index (χ1v) is 7.88. The molecule has 1 saturated carbocycles. The van der Waals surface area contributed by atoms with E-state index in [2.05, 4.69) is 5.09 Å². The van der Waals surface area contributed by atoms with Crippen molar-refractivity contribution < 1.29 is 13.6 Å². The van der Waals surface area contributed by atoms with Gasteiger partial charge < -0.3 is 4.52 Å². The van der Waals surface area contributed by atoms with E-state index >= 15 is 0 Å². The molecule has 1 atom stereocenters. The van der Waals surface area contributed by atoms with Crippen molar-refractivity contribution in [2.45, 2.75) is 12.8 Å². The Morgan fingerprint density at radius 1 is 1.44 bits per heavy atom. The van der Waals surface area contributed by atoms with E-state index in [1.807, 2.05) is 0 Å². The van der Waals surface area contributed by atoms with Crippen molar-refractivity contribution in [3.05, 3.63) is 28.2 Å². The highest BCUT2D eigenvalue weighted by atomic mass is 35.5. The summed E-state index contributed by atoms with van der Waals surface area (Å²) in [6, 6.07) is 4.71. The van der Waals surface area contributed by atoms with Gasteiger partial charge in [-0.3, -0.25) is 4.52 Å². The highest BCUT2D eigenvalue weighted by molar-refractivity contribution is 7.52. The van der Waals surface area contributed by atoms with Crippen LogP contribution in [-0.4, -0.2) is 13.7 Å². The summed E-state index contributed by atoms with van der Waals surface area (Å²) in [5.41, 5.74) is 0. The van der Waals surface area contributed by atoms with Crippen LogP contribution in [0.2, 0.25) is 10.0 Å². The lowest BCUT2D eigenvalue weighted by molar-refractivity contribution is 0.308. The quantitative estimate of drug-likeness (QED) is 0.803. The highest BCUT2D eigenvalue weighted by Crippen LogP contribution is 2.46. The summed E-state index contributed by atoms with van der Waals surface area (Å²) in [5.74, 6) is 0.854. The SMILES string of the molecule is COP(=O)(NCC1CC1)Oc1ccc(Cl)cc1Cl. The van der Waals surface area contributed by atoms with E-state index < -0.39 is 7.75 Å². The lowest BCUT2D eigenvalue weighted by Gasteiger charge is -2.18. The van der Waals surface area contributed by atoms with Crippen LogP contribution in [0.5, 0.6) is 5.75 Å². The molecule has 0 spiro atoms. The van der Waals surface area contributed by atoms with Gasteiger partial charge in [0.1, 0.15) is 5.75 Å². The van der Waals surface area contributed by atoms with E-state index in [0.717, 1.165) is 12.8 Å². The maximum atomic E-state index is 12.3. The van der Waals surface area contributed by atoms with Gasteiger partial charge in [0.2, 0.25) is 0 Å². The van der Waals surface area contributed by atoms with Crippen LogP contribution in [-0.2, 0) is 9.09 Å². The summed E-state index contributed by atoms with van der Waals surface area (Å²) < 4.78 is 22.6. The predicted molar refractivity (Wildman–Crippen MR) is 72.4 cm³/mol. The molecule has 4 nitrogen and oxygen atoms in total. The lowest BCUT2D eigenvalue weighted by atomic mass is 10.3. The molecule has 1 unspecified atom stereocenters. The molecule has 1 N–H and O–H groups in total. The predicted octanol–water partition coefficient (Wildman–Crippen LogP) is 4.13. The monoisotopic (exact) mass is 309 g/mol. The molecule has 1 aliphatic carbocycles. The van der Waals surface area contributed by atoms with Crippen molar-refractivity contribution in [1.82, 2.24) is 5.09 Å². The van der Waals surface area contributed by atoms with Crippen LogP contribution >= 0.6 is 30.9 Å². The number of hydrogen-bond donors (Lipinski definition) is 1. The van der Waals surface area contributed by atoms with E-state index in [-0.39, 0.29) is 5.75 Å². The molecule has 0 aliphatic heterocycles. The Balaban J connectivity index is 2.05. The topological polar surface area (TPSA) is 47.6 Å². The number of nitrogens with one attached hydrogen (secondary N) is 1. The molecule has 1 fully saturated rings. The molecule has 7 heteroatoms. The minimum absolute atomic E-state index is 0.287. The maximum Gasteiger partial charge on any atom is 0.458 e. The second kappa shape index (κ2) is 5.81. The summed E-state index contributed by atoms with van der Waals surface area (Å²) in [6.07, 6.45) is 2.30. The molecule has 0 amide bonds. The second-order valence-corrected chi connectivity index (χ2v) is 6.85. The van der Waals surface area contributed by atoms with Crippen LogP contribution in [0.3, 0.4) is 0 Å². The third kappa shape index (κ3) is 3.87. The normalized spacial score (nSPS) is 18.4. The van der Waals surface area contributed by atoms with Gasteiger partial charge in [-0.05, 0) is 37.0 Å². The minimum Gasteiger partial charge on any atom is -0.412 e. The fourth-order valence-electron chi connectivity index (χ4n) is 1.38. The molecule has 1 aliphatic rings. The Hall–Kier alpha value is -0.250. The van der Waals surface area contributed by atoms with Gasteiger partial charge in [0.05, 0.1) is 5.02 Å². The molecule has 0 saturated heterocycles. The molecule has 2 rings (SSSR count). The Morgan fingerprint density at radius 2 is 2.17 bits per heavy atom. The van der Waals surface area contributed by atoms with Crippen LogP contribution in [0.4, 0.5) is 0 Å². The molecule has 0 aromatic heterocycles. The van der Waals surface area contributed by atoms with E-state index in [1.165, 1.54) is 13.2 Å². The third-order valence-electron chi connectivity index (χ3n) is 2.62. The highest BCUT2D eigenvalue weighted by Gasteiger charge is 2.30. The Labute approximate surface area is 116 Å². The lowest BCUT2D eigenvalue weighted by Crippen LogP contribution is -2.18. The standard InChI is InChI=1S/C11H14Cl2NO3P/c1-16-18(15,14-7-8-2-3-8)17-11-5-4-9(12)6-10(11)13/h4-6,8H,2-3,7H2,1H3,(H,14,15). The molecule has 18 heavy (non-hydrogen) atoms. The number of rotatable bonds is 6. The summed E-state index contributed by atoms with van der Waals surface area (Å²) in [6.45, 7) is 0.621. The van der Waals surface area contributed by atoms with Gasteiger partial charge in [-0.1, -0.05) is 23.2 Å². The van der Waals surface area contributed by atoms with E-state index in [0.29, 0.717) is 22.5 Å². The summed E-state index contributed by atoms with van der Waals surface area (Å²) in [7, 11) is -2.02. The fourth-order valence-corrected chi connectivity index (χ4v) is 3.04. The second-order valence-electron chi connectivity index (χ2n) is 4.15. The molecule has 100 valence electrons. The number of hydrogen-bond acceptors (Lipinski definition) is 3. The first kappa shape index (κ1) is 14.2. The summed E-state index contributed by atoms with van der Waals surface area (Å²) in [5, 5.41) is 3.61. The molecular weight excluding hydrogens is 296 g/mol. The maximum absolute atomic E-state index is 12.3. The summed E-state index contributed by atoms with van der Waals surface area (Å²) in [4.78, 5) is 0. The van der Waals surface area contributed by atoms with E-state index in [1.54, 1.807) is 12.1 Å². The largest absolute Gasteiger partial charge is 0.458 e. The molecule has 0 radical (unpaired) electrons. The zero-order chi connectivity index (χ0) is 13.2. The zero-order valence-corrected chi connectivity index (χ0v) is 12.3. The van der Waals surface area contributed by atoms with Gasteiger partial charge in [0.25, 0.3) is 0 Å². The Morgan fingerprint density at radius 3 is 2.72 bits per heavy atom. The van der Waals surface area contributed by atoms with E-state index in [9.17, 15) is 4.57 Å². The minimum atomic E-state index is -3.36. The van der Waals surface area contributed by atoms with Crippen molar-refractivity contribution in [3.8, 4) is 5.75 Å². The van der Waals surface area contributed by atoms with Crippen molar-refractivity contribution in [2.24, 2.45) is 5.92 Å². The van der Waals surface area contributed by atoms with Gasteiger partial charge in [0, 0.05) is 18.7 Å².